The molecule has 2 unspecified atom stereocenters. The lowest BCUT2D eigenvalue weighted by molar-refractivity contribution is -0.129. The van der Waals surface area contributed by atoms with Crippen LogP contribution in [0.15, 0.2) is 24.3 Å². The van der Waals surface area contributed by atoms with Crippen molar-refractivity contribution in [3.63, 3.8) is 0 Å². The van der Waals surface area contributed by atoms with Crippen molar-refractivity contribution < 1.29 is 24.0 Å². The summed E-state index contributed by atoms with van der Waals surface area (Å²) in [6.07, 6.45) is 0.188. The molecule has 0 bridgehead atoms. The van der Waals surface area contributed by atoms with Crippen molar-refractivity contribution in [2.75, 3.05) is 19.6 Å². The average Bonchev–Trinajstić information content (AvgIpc) is 3.23. The maximum Gasteiger partial charge on any atom is 0.262 e. The van der Waals surface area contributed by atoms with Gasteiger partial charge in [0.2, 0.25) is 17.7 Å². The third-order valence-electron chi connectivity index (χ3n) is 5.47. The van der Waals surface area contributed by atoms with Crippen molar-refractivity contribution >= 4 is 29.5 Å². The molecule has 2 N–H and O–H groups in total. The van der Waals surface area contributed by atoms with E-state index < -0.39 is 29.7 Å². The summed E-state index contributed by atoms with van der Waals surface area (Å²) in [5.74, 6) is -2.13. The maximum atomic E-state index is 12.5. The second kappa shape index (κ2) is 8.64. The van der Waals surface area contributed by atoms with E-state index in [2.05, 4.69) is 10.6 Å². The number of hydrogen-bond acceptors (Lipinski definition) is 5. The molecule has 9 nitrogen and oxygen atoms in total. The number of benzene rings is 1. The van der Waals surface area contributed by atoms with Gasteiger partial charge in [0.25, 0.3) is 11.8 Å². The van der Waals surface area contributed by atoms with Gasteiger partial charge >= 0.3 is 0 Å². The number of carbonyl (C=O) groups is 5. The van der Waals surface area contributed by atoms with Crippen LogP contribution in [0, 0.1) is 5.92 Å². The van der Waals surface area contributed by atoms with E-state index in [1.54, 1.807) is 29.2 Å². The van der Waals surface area contributed by atoms with Crippen LogP contribution in [0.5, 0.6) is 0 Å². The summed E-state index contributed by atoms with van der Waals surface area (Å²) in [5, 5.41) is 5.35. The Morgan fingerprint density at radius 3 is 2.10 bits per heavy atom. The fourth-order valence-corrected chi connectivity index (χ4v) is 3.75. The molecule has 9 heteroatoms. The van der Waals surface area contributed by atoms with Crippen LogP contribution in [0.2, 0.25) is 0 Å². The van der Waals surface area contributed by atoms with Crippen LogP contribution in [-0.2, 0) is 14.4 Å². The Morgan fingerprint density at radius 2 is 1.57 bits per heavy atom. The van der Waals surface area contributed by atoms with Crippen LogP contribution >= 0.6 is 0 Å². The van der Waals surface area contributed by atoms with Crippen LogP contribution in [0.3, 0.4) is 0 Å². The molecule has 2 aliphatic rings. The summed E-state index contributed by atoms with van der Waals surface area (Å²) >= 11 is 0. The van der Waals surface area contributed by atoms with Crippen LogP contribution in [0.4, 0.5) is 0 Å². The molecule has 0 radical (unpaired) electrons. The molecule has 160 valence electrons. The van der Waals surface area contributed by atoms with Crippen LogP contribution in [-0.4, -0.2) is 71.1 Å². The second-order valence-electron chi connectivity index (χ2n) is 7.82. The number of hydrogen-bond donors (Lipinski definition) is 2. The zero-order chi connectivity index (χ0) is 22.0. The molecule has 2 aliphatic heterocycles. The lowest BCUT2D eigenvalue weighted by Crippen LogP contribution is -2.49. The summed E-state index contributed by atoms with van der Waals surface area (Å²) in [4.78, 5) is 64.1. The minimum atomic E-state index is -0.972. The fourth-order valence-electron chi connectivity index (χ4n) is 3.75. The first-order valence-corrected chi connectivity index (χ1v) is 10.0. The predicted octanol–water partition coefficient (Wildman–Crippen LogP) is 0.160. The number of amides is 5. The highest BCUT2D eigenvalue weighted by Gasteiger charge is 2.40. The Hall–Kier alpha value is -3.23. The molecule has 5 amide bonds. The third kappa shape index (κ3) is 4.05. The lowest BCUT2D eigenvalue weighted by Gasteiger charge is -2.22. The van der Waals surface area contributed by atoms with Crippen molar-refractivity contribution in [3.05, 3.63) is 35.4 Å². The standard InChI is InChI=1S/C21H26N4O5/c1-12(2)24-11-14(10-17(24)26)19(28)23-9-8-22-18(27)13(3)25-20(29)15-6-4-5-7-16(15)21(25)30/h4-7,12-14H,8-11H2,1-3H3,(H,22,27)(H,23,28). The Kier molecular flexibility index (Phi) is 6.19. The van der Waals surface area contributed by atoms with Crippen molar-refractivity contribution in [1.82, 2.24) is 20.4 Å². The van der Waals surface area contributed by atoms with Crippen molar-refractivity contribution in [2.45, 2.75) is 39.3 Å². The summed E-state index contributed by atoms with van der Waals surface area (Å²) in [7, 11) is 0. The van der Waals surface area contributed by atoms with Crippen LogP contribution in [0.25, 0.3) is 0 Å². The van der Waals surface area contributed by atoms with Gasteiger partial charge in [0.15, 0.2) is 0 Å². The Balaban J connectivity index is 1.45. The molecular formula is C21H26N4O5. The fraction of sp³-hybridized carbons (Fsp3) is 0.476. The van der Waals surface area contributed by atoms with E-state index in [1.165, 1.54) is 6.92 Å². The highest BCUT2D eigenvalue weighted by molar-refractivity contribution is 6.22. The number of likely N-dealkylation sites (tertiary alicyclic amines) is 1. The molecule has 1 aromatic carbocycles. The number of carbonyl (C=O) groups excluding carboxylic acids is 5. The molecular weight excluding hydrogens is 388 g/mol. The first kappa shape index (κ1) is 21.5. The third-order valence-corrected chi connectivity index (χ3v) is 5.47. The molecule has 0 aliphatic carbocycles. The van der Waals surface area contributed by atoms with E-state index >= 15 is 0 Å². The van der Waals surface area contributed by atoms with Crippen LogP contribution in [0.1, 0.15) is 47.9 Å². The van der Waals surface area contributed by atoms with E-state index in [0.29, 0.717) is 6.54 Å². The monoisotopic (exact) mass is 414 g/mol. The molecule has 2 atom stereocenters. The molecule has 0 spiro atoms. The van der Waals surface area contributed by atoms with E-state index in [0.717, 1.165) is 4.90 Å². The smallest absolute Gasteiger partial charge is 0.262 e. The van der Waals surface area contributed by atoms with Crippen LogP contribution < -0.4 is 10.6 Å². The predicted molar refractivity (Wildman–Crippen MR) is 107 cm³/mol. The van der Waals surface area contributed by atoms with Crippen molar-refractivity contribution in [3.8, 4) is 0 Å². The van der Waals surface area contributed by atoms with Crippen molar-refractivity contribution in [1.29, 1.82) is 0 Å². The number of fused-ring (bicyclic) bond motifs is 1. The Labute approximate surface area is 174 Å². The number of imide groups is 1. The van der Waals surface area contributed by atoms with Crippen molar-refractivity contribution in [2.24, 2.45) is 5.92 Å². The maximum absolute atomic E-state index is 12.5. The van der Waals surface area contributed by atoms with E-state index in [1.807, 2.05) is 13.8 Å². The normalized spacial score (nSPS) is 19.3. The first-order chi connectivity index (χ1) is 14.2. The van der Waals surface area contributed by atoms with Gasteiger partial charge in [-0.15, -0.1) is 0 Å². The topological polar surface area (TPSA) is 116 Å². The van der Waals surface area contributed by atoms with Gasteiger partial charge in [0.1, 0.15) is 6.04 Å². The largest absolute Gasteiger partial charge is 0.354 e. The van der Waals surface area contributed by atoms with Gasteiger partial charge in [-0.05, 0) is 32.9 Å². The molecule has 0 saturated carbocycles. The summed E-state index contributed by atoms with van der Waals surface area (Å²) in [6, 6.07) is 5.53. The minimum Gasteiger partial charge on any atom is -0.354 e. The molecule has 0 aromatic heterocycles. The molecule has 3 rings (SSSR count). The summed E-state index contributed by atoms with van der Waals surface area (Å²) in [6.45, 7) is 6.02. The minimum absolute atomic E-state index is 0.0341. The SMILES string of the molecule is CC(C)N1CC(C(=O)NCCNC(=O)C(C)N2C(=O)c3ccccc3C2=O)CC1=O. The highest BCUT2D eigenvalue weighted by Crippen LogP contribution is 2.24. The van der Waals surface area contributed by atoms with Gasteiger partial charge in [0, 0.05) is 32.1 Å². The first-order valence-electron chi connectivity index (χ1n) is 10.0. The second-order valence-corrected chi connectivity index (χ2v) is 7.82. The summed E-state index contributed by atoms with van der Waals surface area (Å²) < 4.78 is 0. The van der Waals surface area contributed by atoms with Gasteiger partial charge in [-0.3, -0.25) is 28.9 Å². The number of nitrogens with zero attached hydrogens (tertiary/aromatic N) is 2. The van der Waals surface area contributed by atoms with Gasteiger partial charge in [-0.25, -0.2) is 0 Å². The highest BCUT2D eigenvalue weighted by atomic mass is 16.2. The zero-order valence-electron chi connectivity index (χ0n) is 17.3. The Bertz CT molecular complexity index is 862. The van der Waals surface area contributed by atoms with E-state index in [9.17, 15) is 24.0 Å². The zero-order valence-corrected chi connectivity index (χ0v) is 17.3. The van der Waals surface area contributed by atoms with Gasteiger partial charge in [0.05, 0.1) is 17.0 Å². The van der Waals surface area contributed by atoms with E-state index in [4.69, 9.17) is 0 Å². The van der Waals surface area contributed by atoms with E-state index in [-0.39, 0.29) is 48.5 Å². The summed E-state index contributed by atoms with van der Waals surface area (Å²) in [5.41, 5.74) is 0.576. The molecule has 1 aromatic rings. The average molecular weight is 414 g/mol. The molecule has 1 saturated heterocycles. The number of rotatable bonds is 7. The molecule has 2 heterocycles. The lowest BCUT2D eigenvalue weighted by atomic mass is 10.1. The molecule has 1 fully saturated rings. The van der Waals surface area contributed by atoms with Gasteiger partial charge in [-0.1, -0.05) is 12.1 Å². The number of nitrogens with one attached hydrogen (secondary N) is 2. The Morgan fingerprint density at radius 1 is 1.00 bits per heavy atom. The van der Waals surface area contributed by atoms with Gasteiger partial charge in [-0.2, -0.15) is 0 Å². The molecule has 30 heavy (non-hydrogen) atoms. The van der Waals surface area contributed by atoms with Gasteiger partial charge < -0.3 is 15.5 Å². The quantitative estimate of drug-likeness (QED) is 0.487.